The molecule has 22 heavy (non-hydrogen) atoms. The fraction of sp³-hybridized carbons (Fsp3) is 0.294. The maximum atomic E-state index is 12.6. The van der Waals surface area contributed by atoms with Gasteiger partial charge in [0.05, 0.1) is 11.2 Å². The molecule has 0 saturated carbocycles. The number of H-pyrrole nitrogens is 1. The summed E-state index contributed by atoms with van der Waals surface area (Å²) >= 11 is 0. The summed E-state index contributed by atoms with van der Waals surface area (Å²) < 4.78 is 2.12. The van der Waals surface area contributed by atoms with Crippen molar-refractivity contribution in [3.05, 3.63) is 48.2 Å². The lowest BCUT2D eigenvalue weighted by Gasteiger charge is -2.22. The highest BCUT2D eigenvalue weighted by atomic mass is 16.1. The molecule has 1 unspecified atom stereocenters. The van der Waals surface area contributed by atoms with E-state index in [0.717, 1.165) is 41.1 Å². The molecule has 1 atom stereocenters. The molecule has 0 saturated heterocycles. The van der Waals surface area contributed by atoms with Crippen molar-refractivity contribution in [3.63, 3.8) is 0 Å². The molecule has 4 rings (SSSR count). The summed E-state index contributed by atoms with van der Waals surface area (Å²) in [5.74, 6) is 1.07. The molecule has 5 heteroatoms. The second-order valence-corrected chi connectivity index (χ2v) is 5.94. The van der Waals surface area contributed by atoms with Gasteiger partial charge >= 0.3 is 0 Å². The highest BCUT2D eigenvalue weighted by molar-refractivity contribution is 6.01. The zero-order valence-corrected chi connectivity index (χ0v) is 12.5. The average molecular weight is 294 g/mol. The molecule has 3 aromatic rings. The molecule has 0 radical (unpaired) electrons. The van der Waals surface area contributed by atoms with Crippen molar-refractivity contribution in [2.24, 2.45) is 5.92 Å². The lowest BCUT2D eigenvalue weighted by molar-refractivity contribution is -0.120. The number of aromatic nitrogens is 3. The molecule has 1 amide bonds. The topological polar surface area (TPSA) is 62.7 Å². The SMILES string of the molecule is Cc1cc2cccc(NC(=O)C3CCn4ccnc4C3)c2[nH]1. The van der Waals surface area contributed by atoms with Crippen molar-refractivity contribution >= 4 is 22.5 Å². The van der Waals surface area contributed by atoms with Crippen LogP contribution in [0.4, 0.5) is 5.69 Å². The first-order chi connectivity index (χ1) is 10.7. The van der Waals surface area contributed by atoms with Crippen LogP contribution in [-0.4, -0.2) is 20.4 Å². The van der Waals surface area contributed by atoms with Gasteiger partial charge in [0.2, 0.25) is 5.91 Å². The van der Waals surface area contributed by atoms with Gasteiger partial charge in [0.25, 0.3) is 0 Å². The fourth-order valence-corrected chi connectivity index (χ4v) is 3.21. The van der Waals surface area contributed by atoms with E-state index in [1.807, 2.05) is 31.3 Å². The molecule has 1 aliphatic heterocycles. The Morgan fingerprint density at radius 3 is 3.27 bits per heavy atom. The van der Waals surface area contributed by atoms with E-state index in [1.54, 1.807) is 6.20 Å². The van der Waals surface area contributed by atoms with Gasteiger partial charge in [-0.05, 0) is 25.5 Å². The molecule has 1 aliphatic rings. The largest absolute Gasteiger partial charge is 0.357 e. The van der Waals surface area contributed by atoms with Gasteiger partial charge in [-0.2, -0.15) is 0 Å². The van der Waals surface area contributed by atoms with Gasteiger partial charge in [0, 0.05) is 42.4 Å². The minimum absolute atomic E-state index is 0.0128. The second kappa shape index (κ2) is 5.02. The third-order valence-electron chi connectivity index (χ3n) is 4.37. The molecule has 0 spiro atoms. The summed E-state index contributed by atoms with van der Waals surface area (Å²) in [4.78, 5) is 20.2. The van der Waals surface area contributed by atoms with Crippen LogP contribution in [0, 0.1) is 12.8 Å². The fourth-order valence-electron chi connectivity index (χ4n) is 3.21. The zero-order valence-electron chi connectivity index (χ0n) is 12.5. The lowest BCUT2D eigenvalue weighted by Crippen LogP contribution is -2.30. The highest BCUT2D eigenvalue weighted by Crippen LogP contribution is 2.26. The number of nitrogens with one attached hydrogen (secondary N) is 2. The molecule has 2 N–H and O–H groups in total. The van der Waals surface area contributed by atoms with Crippen LogP contribution < -0.4 is 5.32 Å². The zero-order chi connectivity index (χ0) is 15.1. The van der Waals surface area contributed by atoms with Gasteiger partial charge in [0.15, 0.2) is 0 Å². The number of aromatic amines is 1. The maximum Gasteiger partial charge on any atom is 0.228 e. The number of hydrogen-bond acceptors (Lipinski definition) is 2. The van der Waals surface area contributed by atoms with Crippen molar-refractivity contribution in [1.82, 2.24) is 14.5 Å². The van der Waals surface area contributed by atoms with Gasteiger partial charge in [-0.25, -0.2) is 4.98 Å². The molecule has 0 aliphatic carbocycles. The van der Waals surface area contributed by atoms with Crippen LogP contribution in [-0.2, 0) is 17.8 Å². The number of imidazole rings is 1. The van der Waals surface area contributed by atoms with E-state index in [4.69, 9.17) is 0 Å². The van der Waals surface area contributed by atoms with Gasteiger partial charge in [-0.1, -0.05) is 12.1 Å². The van der Waals surface area contributed by atoms with Crippen molar-refractivity contribution in [2.75, 3.05) is 5.32 Å². The Morgan fingerprint density at radius 1 is 1.45 bits per heavy atom. The van der Waals surface area contributed by atoms with Gasteiger partial charge in [0.1, 0.15) is 5.82 Å². The molecule has 0 fully saturated rings. The van der Waals surface area contributed by atoms with Gasteiger partial charge < -0.3 is 14.9 Å². The number of benzene rings is 1. The Morgan fingerprint density at radius 2 is 2.36 bits per heavy atom. The third kappa shape index (κ3) is 2.19. The van der Waals surface area contributed by atoms with E-state index in [-0.39, 0.29) is 11.8 Å². The first-order valence-electron chi connectivity index (χ1n) is 7.60. The van der Waals surface area contributed by atoms with Crippen molar-refractivity contribution in [3.8, 4) is 0 Å². The van der Waals surface area contributed by atoms with Crippen molar-refractivity contribution < 1.29 is 4.79 Å². The summed E-state index contributed by atoms with van der Waals surface area (Å²) in [6.07, 6.45) is 5.34. The molecular formula is C17H18N4O. The Hall–Kier alpha value is -2.56. The van der Waals surface area contributed by atoms with E-state index in [1.165, 1.54) is 0 Å². The molecule has 3 heterocycles. The summed E-state index contributed by atoms with van der Waals surface area (Å²) in [6.45, 7) is 2.88. The van der Waals surface area contributed by atoms with E-state index >= 15 is 0 Å². The van der Waals surface area contributed by atoms with E-state index in [0.29, 0.717) is 6.42 Å². The number of aryl methyl sites for hydroxylation is 2. The number of rotatable bonds is 2. The Labute approximate surface area is 128 Å². The quantitative estimate of drug-likeness (QED) is 0.763. The number of para-hydroxylation sites is 1. The molecule has 0 bridgehead atoms. The van der Waals surface area contributed by atoms with E-state index < -0.39 is 0 Å². The van der Waals surface area contributed by atoms with Crippen LogP contribution in [0.2, 0.25) is 0 Å². The van der Waals surface area contributed by atoms with Crippen LogP contribution in [0.3, 0.4) is 0 Å². The number of carbonyl (C=O) groups excluding carboxylic acids is 1. The van der Waals surface area contributed by atoms with E-state index in [9.17, 15) is 4.79 Å². The first kappa shape index (κ1) is 13.1. The average Bonchev–Trinajstić information content (AvgIpc) is 3.12. The highest BCUT2D eigenvalue weighted by Gasteiger charge is 2.25. The van der Waals surface area contributed by atoms with E-state index in [2.05, 4.69) is 25.9 Å². The minimum Gasteiger partial charge on any atom is -0.357 e. The number of amides is 1. The lowest BCUT2D eigenvalue weighted by atomic mass is 9.96. The molecule has 5 nitrogen and oxygen atoms in total. The predicted molar refractivity (Wildman–Crippen MR) is 85.7 cm³/mol. The third-order valence-corrected chi connectivity index (χ3v) is 4.37. The van der Waals surface area contributed by atoms with Crippen LogP contribution in [0.25, 0.3) is 10.9 Å². The number of hydrogen-bond donors (Lipinski definition) is 2. The molecule has 112 valence electrons. The monoisotopic (exact) mass is 294 g/mol. The summed E-state index contributed by atoms with van der Waals surface area (Å²) in [5, 5.41) is 4.20. The predicted octanol–water partition coefficient (Wildman–Crippen LogP) is 2.87. The van der Waals surface area contributed by atoms with Crippen molar-refractivity contribution in [1.29, 1.82) is 0 Å². The molecule has 2 aromatic heterocycles. The van der Waals surface area contributed by atoms with Gasteiger partial charge in [-0.15, -0.1) is 0 Å². The Bertz CT molecular complexity index is 845. The number of nitrogens with zero attached hydrogens (tertiary/aromatic N) is 2. The summed E-state index contributed by atoms with van der Waals surface area (Å²) in [5.41, 5.74) is 2.94. The number of carbonyl (C=O) groups is 1. The smallest absolute Gasteiger partial charge is 0.228 e. The Kier molecular flexibility index (Phi) is 2.99. The normalized spacial score (nSPS) is 17.4. The summed E-state index contributed by atoms with van der Waals surface area (Å²) in [6, 6.07) is 8.05. The minimum atomic E-state index is -0.0128. The molecule has 1 aromatic carbocycles. The first-order valence-corrected chi connectivity index (χ1v) is 7.60. The van der Waals surface area contributed by atoms with Crippen LogP contribution in [0.1, 0.15) is 17.9 Å². The second-order valence-electron chi connectivity index (χ2n) is 5.94. The van der Waals surface area contributed by atoms with Gasteiger partial charge in [-0.3, -0.25) is 4.79 Å². The maximum absolute atomic E-state index is 12.6. The van der Waals surface area contributed by atoms with Crippen LogP contribution in [0.5, 0.6) is 0 Å². The Balaban J connectivity index is 1.57. The summed E-state index contributed by atoms with van der Waals surface area (Å²) in [7, 11) is 0. The standard InChI is InChI=1S/C17H18N4O/c1-11-9-12-3-2-4-14(16(12)19-11)20-17(22)13-5-7-21-8-6-18-15(21)10-13/h2-4,6,8-9,13,19H,5,7,10H2,1H3,(H,20,22). The van der Waals surface area contributed by atoms with Crippen LogP contribution >= 0.6 is 0 Å². The van der Waals surface area contributed by atoms with Crippen LogP contribution in [0.15, 0.2) is 36.7 Å². The number of fused-ring (bicyclic) bond motifs is 2. The molecular weight excluding hydrogens is 276 g/mol. The van der Waals surface area contributed by atoms with Crippen molar-refractivity contribution in [2.45, 2.75) is 26.3 Å². The number of anilines is 1.